The van der Waals surface area contributed by atoms with Crippen molar-refractivity contribution in [3.05, 3.63) is 78.4 Å². The fourth-order valence-corrected chi connectivity index (χ4v) is 10.4. The molecule has 2 aliphatic heterocycles. The number of nitrogens with zero attached hydrogens (tertiary/aromatic N) is 2. The van der Waals surface area contributed by atoms with Crippen LogP contribution in [-0.2, 0) is 25.2 Å². The number of hydrogen-bond acceptors (Lipinski definition) is 6. The van der Waals surface area contributed by atoms with E-state index in [0.29, 0.717) is 24.7 Å². The minimum atomic E-state index is -2.89. The second-order valence-corrected chi connectivity index (χ2v) is 15.4. The molecule has 0 amide bonds. The van der Waals surface area contributed by atoms with E-state index in [1.807, 2.05) is 30.5 Å². The van der Waals surface area contributed by atoms with Crippen LogP contribution in [0.2, 0.25) is 5.04 Å². The summed E-state index contributed by atoms with van der Waals surface area (Å²) in [5, 5.41) is 2.16. The summed E-state index contributed by atoms with van der Waals surface area (Å²) in [4.78, 5) is 17.4. The minimum absolute atomic E-state index is 0.209. The number of fused-ring (bicyclic) bond motifs is 3. The first-order valence-corrected chi connectivity index (χ1v) is 14.9. The highest BCUT2D eigenvalue weighted by molar-refractivity contribution is 6.99. The summed E-state index contributed by atoms with van der Waals surface area (Å²) in [6.07, 6.45) is 0.356. The first kappa shape index (κ1) is 25.8. The third kappa shape index (κ3) is 4.46. The highest BCUT2D eigenvalue weighted by Gasteiger charge is 2.57. The van der Waals surface area contributed by atoms with Gasteiger partial charge in [0.2, 0.25) is 0 Å². The number of esters is 1. The molecule has 37 heavy (non-hydrogen) atoms. The molecular formula is C29H36N2O5Si. The van der Waals surface area contributed by atoms with Gasteiger partial charge in [-0.3, -0.25) is 0 Å². The van der Waals surface area contributed by atoms with Crippen LogP contribution in [0.1, 0.15) is 64.0 Å². The second-order valence-electron chi connectivity index (χ2n) is 11.2. The molecule has 5 rings (SSSR count). The molecule has 0 saturated carbocycles. The molecule has 3 aromatic rings. The molecule has 1 saturated heterocycles. The van der Waals surface area contributed by atoms with E-state index in [1.54, 1.807) is 13.1 Å². The molecule has 3 atom stereocenters. The summed E-state index contributed by atoms with van der Waals surface area (Å²) in [5.41, 5.74) is 0.402. The van der Waals surface area contributed by atoms with Gasteiger partial charge in [-0.2, -0.15) is 0 Å². The normalized spacial score (nSPS) is 22.8. The summed E-state index contributed by atoms with van der Waals surface area (Å²) >= 11 is 0. The Kier molecular flexibility index (Phi) is 6.64. The first-order valence-electron chi connectivity index (χ1n) is 12.9. The van der Waals surface area contributed by atoms with Crippen molar-refractivity contribution >= 4 is 24.7 Å². The van der Waals surface area contributed by atoms with E-state index in [-0.39, 0.29) is 17.2 Å². The number of carbonyl (C=O) groups is 1. The van der Waals surface area contributed by atoms with Crippen molar-refractivity contribution in [2.24, 2.45) is 0 Å². The average Bonchev–Trinajstić information content (AvgIpc) is 3.43. The van der Waals surface area contributed by atoms with Crippen molar-refractivity contribution in [2.75, 3.05) is 6.61 Å². The lowest BCUT2D eigenvalue weighted by atomic mass is 10.0. The Morgan fingerprint density at radius 3 is 2.19 bits per heavy atom. The predicted molar refractivity (Wildman–Crippen MR) is 143 cm³/mol. The topological polar surface area (TPSA) is 71.8 Å². The van der Waals surface area contributed by atoms with Crippen LogP contribution in [0.3, 0.4) is 0 Å². The Balaban J connectivity index is 1.66. The molecular weight excluding hydrogens is 484 g/mol. The van der Waals surface area contributed by atoms with Gasteiger partial charge < -0.3 is 23.2 Å². The number of imidazole rings is 1. The van der Waals surface area contributed by atoms with Crippen LogP contribution < -0.4 is 10.4 Å². The SMILES string of the molecule is CCOC(=O)c1cnc2n1C[C@@H](O[Si](c1ccccc1)(c1ccccc1)C(C)(C)C)[C@H]1OC(C)(C)O[C@@H]21. The van der Waals surface area contributed by atoms with E-state index >= 15 is 0 Å². The van der Waals surface area contributed by atoms with Crippen molar-refractivity contribution in [1.82, 2.24) is 9.55 Å². The number of hydrogen-bond donors (Lipinski definition) is 0. The number of aromatic nitrogens is 2. The maximum Gasteiger partial charge on any atom is 0.356 e. The van der Waals surface area contributed by atoms with E-state index in [2.05, 4.69) is 74.3 Å². The zero-order valence-corrected chi connectivity index (χ0v) is 23.4. The average molecular weight is 521 g/mol. The van der Waals surface area contributed by atoms with Crippen molar-refractivity contribution in [3.63, 3.8) is 0 Å². The second kappa shape index (κ2) is 9.51. The van der Waals surface area contributed by atoms with Crippen LogP contribution in [0.4, 0.5) is 0 Å². The number of carbonyl (C=O) groups excluding carboxylic acids is 1. The van der Waals surface area contributed by atoms with Gasteiger partial charge in [0.05, 0.1) is 25.5 Å². The van der Waals surface area contributed by atoms with Gasteiger partial charge in [0.25, 0.3) is 8.32 Å². The Hall–Kier alpha value is -2.78. The van der Waals surface area contributed by atoms with Gasteiger partial charge in [-0.15, -0.1) is 0 Å². The third-order valence-corrected chi connectivity index (χ3v) is 12.3. The van der Waals surface area contributed by atoms with Gasteiger partial charge in [-0.25, -0.2) is 9.78 Å². The fraction of sp³-hybridized carbons (Fsp3) is 0.448. The van der Waals surface area contributed by atoms with Gasteiger partial charge in [0.1, 0.15) is 23.7 Å². The molecule has 0 bridgehead atoms. The Morgan fingerprint density at radius 2 is 1.65 bits per heavy atom. The van der Waals surface area contributed by atoms with Crippen LogP contribution in [0.15, 0.2) is 66.9 Å². The zero-order chi connectivity index (χ0) is 26.4. The number of rotatable bonds is 6. The largest absolute Gasteiger partial charge is 0.461 e. The van der Waals surface area contributed by atoms with Crippen LogP contribution in [-0.4, -0.2) is 48.4 Å². The Morgan fingerprint density at radius 1 is 1.05 bits per heavy atom. The third-order valence-electron chi connectivity index (χ3n) is 7.23. The van der Waals surface area contributed by atoms with E-state index in [9.17, 15) is 4.79 Å². The molecule has 3 heterocycles. The number of benzene rings is 2. The van der Waals surface area contributed by atoms with Gasteiger partial charge >= 0.3 is 5.97 Å². The molecule has 1 aromatic heterocycles. The molecule has 0 unspecified atom stereocenters. The van der Waals surface area contributed by atoms with E-state index in [1.165, 1.54) is 10.4 Å². The fourth-order valence-electron chi connectivity index (χ4n) is 5.74. The summed E-state index contributed by atoms with van der Waals surface area (Å²) in [6.45, 7) is 13.1. The van der Waals surface area contributed by atoms with Gasteiger partial charge in [0.15, 0.2) is 5.79 Å². The van der Waals surface area contributed by atoms with Gasteiger partial charge in [0, 0.05) is 0 Å². The zero-order valence-electron chi connectivity index (χ0n) is 22.4. The van der Waals surface area contributed by atoms with Crippen molar-refractivity contribution in [2.45, 2.75) is 77.2 Å². The summed E-state index contributed by atoms with van der Waals surface area (Å²) in [6, 6.07) is 21.1. The van der Waals surface area contributed by atoms with Crippen LogP contribution in [0.5, 0.6) is 0 Å². The maximum absolute atomic E-state index is 12.8. The molecule has 1 fully saturated rings. The lowest BCUT2D eigenvalue weighted by Crippen LogP contribution is -2.69. The molecule has 0 aliphatic carbocycles. The lowest BCUT2D eigenvalue weighted by Gasteiger charge is -2.47. The smallest absolute Gasteiger partial charge is 0.356 e. The molecule has 2 aliphatic rings. The van der Waals surface area contributed by atoms with E-state index in [4.69, 9.17) is 18.6 Å². The molecule has 7 nitrogen and oxygen atoms in total. The maximum atomic E-state index is 12.8. The molecule has 2 aromatic carbocycles. The first-order chi connectivity index (χ1) is 17.6. The molecule has 0 radical (unpaired) electrons. The van der Waals surface area contributed by atoms with Crippen LogP contribution in [0, 0.1) is 0 Å². The number of ether oxygens (including phenoxy) is 3. The lowest BCUT2D eigenvalue weighted by molar-refractivity contribution is -0.153. The monoisotopic (exact) mass is 520 g/mol. The molecule has 8 heteroatoms. The highest BCUT2D eigenvalue weighted by Crippen LogP contribution is 2.46. The highest BCUT2D eigenvalue weighted by atomic mass is 28.4. The quantitative estimate of drug-likeness (QED) is 0.358. The molecule has 0 spiro atoms. The van der Waals surface area contributed by atoms with Gasteiger partial charge in [-0.1, -0.05) is 81.4 Å². The minimum Gasteiger partial charge on any atom is -0.461 e. The summed E-state index contributed by atoms with van der Waals surface area (Å²) < 4.78 is 27.5. The van der Waals surface area contributed by atoms with Crippen LogP contribution >= 0.6 is 0 Å². The Labute approximate surface area is 219 Å². The van der Waals surface area contributed by atoms with Crippen LogP contribution in [0.25, 0.3) is 0 Å². The standard InChI is InChI=1S/C29H36N2O5Si/c1-7-33-27(32)22-18-30-26-25-24(34-29(5,6)35-25)23(19-31(22)26)36-37(28(2,3)4,20-14-10-8-11-15-20)21-16-12-9-13-17-21/h8-18,23-25H,7,19H2,1-6H3/t23-,24-,25-/m1/s1. The van der Waals surface area contributed by atoms with Crippen molar-refractivity contribution in [3.8, 4) is 0 Å². The molecule has 0 N–H and O–H groups in total. The Bertz CT molecular complexity index is 1210. The summed E-state index contributed by atoms with van der Waals surface area (Å²) in [5.74, 6) is -0.545. The van der Waals surface area contributed by atoms with Crippen molar-refractivity contribution < 1.29 is 23.4 Å². The summed E-state index contributed by atoms with van der Waals surface area (Å²) in [7, 11) is -2.89. The predicted octanol–water partition coefficient (Wildman–Crippen LogP) is 4.21. The van der Waals surface area contributed by atoms with E-state index < -0.39 is 26.2 Å². The van der Waals surface area contributed by atoms with E-state index in [0.717, 1.165) is 0 Å². The van der Waals surface area contributed by atoms with Crippen molar-refractivity contribution in [1.29, 1.82) is 0 Å². The molecule has 196 valence electrons. The van der Waals surface area contributed by atoms with Gasteiger partial charge in [-0.05, 0) is 36.2 Å².